The van der Waals surface area contributed by atoms with Gasteiger partial charge in [-0.15, -0.1) is 0 Å². The molecule has 0 aromatic heterocycles. The van der Waals surface area contributed by atoms with Crippen LogP contribution in [0.4, 0.5) is 5.69 Å². The minimum atomic E-state index is -0.646. The number of carbonyl (C=O) groups is 2. The average molecular weight is 512 g/mol. The second kappa shape index (κ2) is 11.9. The summed E-state index contributed by atoms with van der Waals surface area (Å²) in [6.45, 7) is 4.92. The quantitative estimate of drug-likeness (QED) is 0.152. The number of nitrogens with zero attached hydrogens (tertiary/aromatic N) is 2. The van der Waals surface area contributed by atoms with Crippen LogP contribution in [-0.2, 0) is 14.3 Å². The van der Waals surface area contributed by atoms with Crippen LogP contribution in [0.25, 0.3) is 0 Å². The average Bonchev–Trinajstić information content (AvgIpc) is 2.83. The minimum absolute atomic E-state index is 0.0392. The van der Waals surface area contributed by atoms with Crippen molar-refractivity contribution in [3.05, 3.63) is 80.5 Å². The van der Waals surface area contributed by atoms with Crippen LogP contribution in [0.3, 0.4) is 0 Å². The summed E-state index contributed by atoms with van der Waals surface area (Å²) in [6.07, 6.45) is 1.30. The van der Waals surface area contributed by atoms with Gasteiger partial charge in [0.05, 0.1) is 29.4 Å². The maximum Gasteiger partial charge on any atom is 0.338 e. The fourth-order valence-corrected chi connectivity index (χ4v) is 3.79. The van der Waals surface area contributed by atoms with E-state index in [0.29, 0.717) is 38.8 Å². The van der Waals surface area contributed by atoms with Gasteiger partial charge >= 0.3 is 5.97 Å². The Balaban J connectivity index is 1.70. The Morgan fingerprint density at radius 2 is 2.00 bits per heavy atom. The molecule has 2 aromatic carbocycles. The molecule has 0 saturated carbocycles. The molecule has 0 fully saturated rings. The first-order valence-electron chi connectivity index (χ1n) is 10.9. The Kier molecular flexibility index (Phi) is 8.68. The van der Waals surface area contributed by atoms with Crippen molar-refractivity contribution in [2.45, 2.75) is 26.8 Å². The lowest BCUT2D eigenvalue weighted by Gasteiger charge is -2.30. The lowest BCUT2D eigenvalue weighted by atomic mass is 9.95. The summed E-state index contributed by atoms with van der Waals surface area (Å²) in [5.74, 6) is -0.683. The number of nitro groups is 1. The summed E-state index contributed by atoms with van der Waals surface area (Å²) in [5.41, 5.74) is 4.76. The van der Waals surface area contributed by atoms with Crippen LogP contribution in [-0.4, -0.2) is 41.3 Å². The number of amides is 1. The molecule has 12 heteroatoms. The molecule has 0 spiro atoms. The predicted molar refractivity (Wildman–Crippen MR) is 136 cm³/mol. The van der Waals surface area contributed by atoms with E-state index in [2.05, 4.69) is 21.2 Å². The van der Waals surface area contributed by atoms with Crippen LogP contribution in [0.5, 0.6) is 5.75 Å². The summed E-state index contributed by atoms with van der Waals surface area (Å²) in [4.78, 5) is 35.5. The third kappa shape index (κ3) is 6.42. The highest BCUT2D eigenvalue weighted by Gasteiger charge is 2.32. The third-order valence-electron chi connectivity index (χ3n) is 5.19. The van der Waals surface area contributed by atoms with Crippen molar-refractivity contribution >= 4 is 41.1 Å². The van der Waals surface area contributed by atoms with E-state index < -0.39 is 22.8 Å². The van der Waals surface area contributed by atoms with Gasteiger partial charge in [0, 0.05) is 28.5 Å². The molecule has 1 aliphatic heterocycles. The highest BCUT2D eigenvalue weighted by molar-refractivity contribution is 7.80. The summed E-state index contributed by atoms with van der Waals surface area (Å²) in [6, 6.07) is 10.9. The van der Waals surface area contributed by atoms with Gasteiger partial charge in [-0.05, 0) is 39.1 Å². The molecule has 1 heterocycles. The van der Waals surface area contributed by atoms with E-state index in [1.165, 1.54) is 12.3 Å². The molecular weight excluding hydrogens is 486 g/mol. The fourth-order valence-electron chi connectivity index (χ4n) is 3.51. The zero-order valence-corrected chi connectivity index (χ0v) is 20.7. The number of carbonyl (C=O) groups excluding carboxylic acids is 2. The van der Waals surface area contributed by atoms with Gasteiger partial charge in [-0.2, -0.15) is 5.10 Å². The summed E-state index contributed by atoms with van der Waals surface area (Å²) in [5, 5.41) is 21.2. The number of para-hydroxylation sites is 1. The van der Waals surface area contributed by atoms with Gasteiger partial charge < -0.3 is 20.1 Å². The number of aryl methyl sites for hydroxylation is 1. The second-order valence-corrected chi connectivity index (χ2v) is 8.12. The van der Waals surface area contributed by atoms with Crippen molar-refractivity contribution in [1.29, 1.82) is 0 Å². The van der Waals surface area contributed by atoms with Gasteiger partial charge in [-0.3, -0.25) is 14.9 Å². The number of rotatable bonds is 9. The van der Waals surface area contributed by atoms with Crippen LogP contribution in [0.1, 0.15) is 36.6 Å². The molecule has 36 heavy (non-hydrogen) atoms. The highest BCUT2D eigenvalue weighted by Crippen LogP contribution is 2.33. The molecule has 0 aliphatic carbocycles. The Morgan fingerprint density at radius 1 is 1.25 bits per heavy atom. The van der Waals surface area contributed by atoms with Crippen LogP contribution in [0, 0.1) is 17.0 Å². The largest absolute Gasteiger partial charge is 0.483 e. The Hall–Kier alpha value is -4.32. The zero-order chi connectivity index (χ0) is 26.2. The molecule has 0 bridgehead atoms. The summed E-state index contributed by atoms with van der Waals surface area (Å²) < 4.78 is 10.9. The van der Waals surface area contributed by atoms with E-state index >= 15 is 0 Å². The molecule has 0 saturated heterocycles. The molecule has 1 aliphatic rings. The van der Waals surface area contributed by atoms with Gasteiger partial charge in [-0.25, -0.2) is 10.2 Å². The first-order valence-corrected chi connectivity index (χ1v) is 11.4. The summed E-state index contributed by atoms with van der Waals surface area (Å²) in [7, 11) is 0. The number of thiocarbonyl (C=S) groups is 1. The number of nitro benzene ring substituents is 1. The van der Waals surface area contributed by atoms with E-state index in [9.17, 15) is 19.7 Å². The topological polar surface area (TPSA) is 144 Å². The molecular formula is C24H25N5O6S. The van der Waals surface area contributed by atoms with Crippen LogP contribution < -0.4 is 20.8 Å². The van der Waals surface area contributed by atoms with Crippen molar-refractivity contribution in [2.75, 3.05) is 13.2 Å². The minimum Gasteiger partial charge on any atom is -0.483 e. The van der Waals surface area contributed by atoms with E-state index in [-0.39, 0.29) is 18.9 Å². The lowest BCUT2D eigenvalue weighted by molar-refractivity contribution is -0.385. The second-order valence-electron chi connectivity index (χ2n) is 7.71. The van der Waals surface area contributed by atoms with Gasteiger partial charge in [0.1, 0.15) is 5.75 Å². The van der Waals surface area contributed by atoms with Crippen LogP contribution in [0.2, 0.25) is 0 Å². The van der Waals surface area contributed by atoms with Gasteiger partial charge in [-0.1, -0.05) is 30.3 Å². The standard InChI is InChI=1S/C24H25N5O6S/c1-4-34-23(31)21-15(3)26-24(36)27-22(21)17-7-5-6-8-19(17)35-13-20(30)28-25-12-16-10-9-14(2)18(11-16)29(32)33/h5-12,22H,4,13H2,1-3H3,(H,28,30)(H2,26,27,36)/t22-/m0/s1. The number of esters is 1. The molecule has 0 radical (unpaired) electrons. The molecule has 3 rings (SSSR count). The molecule has 0 unspecified atom stereocenters. The number of hydrazone groups is 1. The van der Waals surface area contributed by atoms with Crippen molar-refractivity contribution in [3.8, 4) is 5.75 Å². The molecule has 188 valence electrons. The van der Waals surface area contributed by atoms with Gasteiger partial charge in [0.15, 0.2) is 11.7 Å². The van der Waals surface area contributed by atoms with Crippen molar-refractivity contribution in [2.24, 2.45) is 5.10 Å². The van der Waals surface area contributed by atoms with Crippen LogP contribution in [0.15, 0.2) is 58.8 Å². The summed E-state index contributed by atoms with van der Waals surface area (Å²) >= 11 is 5.26. The lowest BCUT2D eigenvalue weighted by Crippen LogP contribution is -2.45. The normalized spacial score (nSPS) is 15.2. The zero-order valence-electron chi connectivity index (χ0n) is 19.9. The van der Waals surface area contributed by atoms with E-state index in [0.717, 1.165) is 0 Å². The van der Waals surface area contributed by atoms with Crippen molar-refractivity contribution in [1.82, 2.24) is 16.1 Å². The number of allylic oxidation sites excluding steroid dienone is 1. The van der Waals surface area contributed by atoms with Crippen molar-refractivity contribution < 1.29 is 24.0 Å². The number of benzene rings is 2. The Bertz CT molecular complexity index is 1260. The predicted octanol–water partition coefficient (Wildman–Crippen LogP) is 2.79. The van der Waals surface area contributed by atoms with Gasteiger partial charge in [0.25, 0.3) is 11.6 Å². The fraction of sp³-hybridized carbons (Fsp3) is 0.250. The number of hydrogen-bond acceptors (Lipinski definition) is 8. The number of nitrogens with one attached hydrogen (secondary N) is 3. The van der Waals surface area contributed by atoms with Crippen LogP contribution >= 0.6 is 12.2 Å². The Morgan fingerprint density at radius 3 is 2.72 bits per heavy atom. The monoisotopic (exact) mass is 511 g/mol. The third-order valence-corrected chi connectivity index (χ3v) is 5.41. The molecule has 3 N–H and O–H groups in total. The van der Waals surface area contributed by atoms with E-state index in [4.69, 9.17) is 21.7 Å². The SMILES string of the molecule is CCOC(=O)C1=C(C)NC(=S)N[C@H]1c1ccccc1OCC(=O)NN=Cc1ccc(C)c([N+](=O)[O-])c1. The maximum atomic E-state index is 12.6. The number of ether oxygens (including phenoxy) is 2. The molecule has 2 aromatic rings. The highest BCUT2D eigenvalue weighted by atomic mass is 32.1. The number of hydrogen-bond donors (Lipinski definition) is 3. The van der Waals surface area contributed by atoms with Crippen molar-refractivity contribution in [3.63, 3.8) is 0 Å². The van der Waals surface area contributed by atoms with E-state index in [1.54, 1.807) is 57.2 Å². The van der Waals surface area contributed by atoms with E-state index in [1.807, 2.05) is 0 Å². The smallest absolute Gasteiger partial charge is 0.338 e. The first kappa shape index (κ1) is 26.3. The first-order chi connectivity index (χ1) is 17.2. The molecule has 1 amide bonds. The Labute approximate surface area is 212 Å². The molecule has 11 nitrogen and oxygen atoms in total. The van der Waals surface area contributed by atoms with Gasteiger partial charge in [0.2, 0.25) is 0 Å². The maximum absolute atomic E-state index is 12.6. The molecule has 1 atom stereocenters.